The number of pyridine rings is 1. The monoisotopic (exact) mass is 165 g/mol. The van der Waals surface area contributed by atoms with Gasteiger partial charge >= 0.3 is 0 Å². The van der Waals surface area contributed by atoms with Crippen molar-refractivity contribution in [3.63, 3.8) is 0 Å². The summed E-state index contributed by atoms with van der Waals surface area (Å²) in [5.74, 6) is 0.954. The van der Waals surface area contributed by atoms with Crippen LogP contribution in [-0.4, -0.2) is 4.98 Å². The minimum absolute atomic E-state index is 0.0512. The van der Waals surface area contributed by atoms with Gasteiger partial charge in [0.1, 0.15) is 5.82 Å². The molecule has 66 valence electrons. The van der Waals surface area contributed by atoms with Crippen molar-refractivity contribution in [2.24, 2.45) is 11.7 Å². The predicted molar refractivity (Wildman–Crippen MR) is 50.4 cm³/mol. The molecule has 0 bridgehead atoms. The molecule has 1 aromatic heterocycles. The van der Waals surface area contributed by atoms with Crippen LogP contribution in [0.3, 0.4) is 0 Å². The van der Waals surface area contributed by atoms with Crippen molar-refractivity contribution in [2.75, 3.05) is 5.73 Å². The molecule has 0 spiro atoms. The Morgan fingerprint density at radius 1 is 1.42 bits per heavy atom. The van der Waals surface area contributed by atoms with Crippen molar-refractivity contribution in [3.8, 4) is 0 Å². The zero-order valence-corrected chi connectivity index (χ0v) is 7.49. The molecule has 0 amide bonds. The fourth-order valence-corrected chi connectivity index (χ4v) is 1.06. The molecule has 12 heavy (non-hydrogen) atoms. The van der Waals surface area contributed by atoms with Crippen LogP contribution in [0, 0.1) is 5.92 Å². The maximum Gasteiger partial charge on any atom is 0.123 e. The van der Waals surface area contributed by atoms with Gasteiger partial charge in [0.15, 0.2) is 0 Å². The number of rotatable bonds is 2. The van der Waals surface area contributed by atoms with Gasteiger partial charge < -0.3 is 11.5 Å². The van der Waals surface area contributed by atoms with Gasteiger partial charge in [0.05, 0.1) is 0 Å². The Bertz CT molecular complexity index is 258. The van der Waals surface area contributed by atoms with Crippen molar-refractivity contribution < 1.29 is 0 Å². The average molecular weight is 165 g/mol. The van der Waals surface area contributed by atoms with E-state index in [9.17, 15) is 0 Å². The second kappa shape index (κ2) is 3.54. The van der Waals surface area contributed by atoms with Crippen LogP contribution in [0.2, 0.25) is 0 Å². The van der Waals surface area contributed by atoms with Crippen molar-refractivity contribution in [1.29, 1.82) is 0 Å². The first kappa shape index (κ1) is 9.00. The van der Waals surface area contributed by atoms with E-state index in [0.717, 1.165) is 5.56 Å². The highest BCUT2D eigenvalue weighted by molar-refractivity contribution is 5.33. The Morgan fingerprint density at radius 3 is 2.58 bits per heavy atom. The third kappa shape index (κ3) is 1.95. The Labute approximate surface area is 72.8 Å². The molecule has 0 saturated carbocycles. The highest BCUT2D eigenvalue weighted by Crippen LogP contribution is 2.18. The lowest BCUT2D eigenvalue weighted by atomic mass is 9.98. The Kier molecular flexibility index (Phi) is 2.65. The quantitative estimate of drug-likeness (QED) is 0.694. The molecular formula is C9H15N3. The van der Waals surface area contributed by atoms with E-state index in [1.54, 1.807) is 6.20 Å². The van der Waals surface area contributed by atoms with E-state index in [4.69, 9.17) is 11.5 Å². The van der Waals surface area contributed by atoms with E-state index >= 15 is 0 Å². The molecule has 1 heterocycles. The van der Waals surface area contributed by atoms with E-state index < -0.39 is 0 Å². The summed E-state index contributed by atoms with van der Waals surface area (Å²) >= 11 is 0. The number of aromatic nitrogens is 1. The van der Waals surface area contributed by atoms with Gasteiger partial charge in [-0.3, -0.25) is 0 Å². The Hall–Kier alpha value is -1.09. The lowest BCUT2D eigenvalue weighted by Gasteiger charge is -2.15. The molecule has 4 N–H and O–H groups in total. The van der Waals surface area contributed by atoms with Gasteiger partial charge in [-0.15, -0.1) is 0 Å². The normalized spacial score (nSPS) is 13.3. The summed E-state index contributed by atoms with van der Waals surface area (Å²) in [6, 6.07) is 3.78. The first-order chi connectivity index (χ1) is 5.61. The summed E-state index contributed by atoms with van der Waals surface area (Å²) in [7, 11) is 0. The first-order valence-electron chi connectivity index (χ1n) is 4.08. The highest BCUT2D eigenvalue weighted by atomic mass is 14.8. The molecule has 0 aliphatic rings. The number of nitrogens with zero attached hydrogens (tertiary/aromatic N) is 1. The van der Waals surface area contributed by atoms with Crippen LogP contribution >= 0.6 is 0 Å². The summed E-state index contributed by atoms with van der Waals surface area (Å²) < 4.78 is 0. The Morgan fingerprint density at radius 2 is 2.08 bits per heavy atom. The number of hydrogen-bond donors (Lipinski definition) is 2. The molecule has 0 radical (unpaired) electrons. The SMILES string of the molecule is CC(C)[C@H](N)c1ccnc(N)c1. The third-order valence-electron chi connectivity index (χ3n) is 1.91. The highest BCUT2D eigenvalue weighted by Gasteiger charge is 2.09. The van der Waals surface area contributed by atoms with Gasteiger partial charge in [0, 0.05) is 12.2 Å². The number of hydrogen-bond acceptors (Lipinski definition) is 3. The lowest BCUT2D eigenvalue weighted by molar-refractivity contribution is 0.514. The zero-order valence-electron chi connectivity index (χ0n) is 7.49. The van der Waals surface area contributed by atoms with Crippen molar-refractivity contribution in [3.05, 3.63) is 23.9 Å². The van der Waals surface area contributed by atoms with Gasteiger partial charge in [-0.25, -0.2) is 4.98 Å². The molecule has 1 aromatic rings. The molecule has 0 aliphatic heterocycles. The summed E-state index contributed by atoms with van der Waals surface area (Å²) in [5, 5.41) is 0. The second-order valence-electron chi connectivity index (χ2n) is 3.28. The van der Waals surface area contributed by atoms with Gasteiger partial charge in [-0.2, -0.15) is 0 Å². The Balaban J connectivity index is 2.88. The molecule has 3 heteroatoms. The predicted octanol–water partition coefficient (Wildman–Crippen LogP) is 1.32. The van der Waals surface area contributed by atoms with Crippen molar-refractivity contribution in [1.82, 2.24) is 4.98 Å². The van der Waals surface area contributed by atoms with Gasteiger partial charge in [0.2, 0.25) is 0 Å². The molecule has 0 aliphatic carbocycles. The summed E-state index contributed by atoms with van der Waals surface area (Å²) in [5.41, 5.74) is 12.5. The van der Waals surface area contributed by atoms with Crippen LogP contribution in [0.1, 0.15) is 25.5 Å². The smallest absolute Gasteiger partial charge is 0.123 e. The molecule has 1 atom stereocenters. The van der Waals surface area contributed by atoms with Gasteiger partial charge in [-0.05, 0) is 23.6 Å². The van der Waals surface area contributed by atoms with Crippen molar-refractivity contribution in [2.45, 2.75) is 19.9 Å². The van der Waals surface area contributed by atoms with Crippen LogP contribution in [0.25, 0.3) is 0 Å². The molecule has 0 fully saturated rings. The summed E-state index contributed by atoms with van der Waals surface area (Å²) in [6.07, 6.45) is 1.69. The molecule has 3 nitrogen and oxygen atoms in total. The number of anilines is 1. The summed E-state index contributed by atoms with van der Waals surface area (Å²) in [4.78, 5) is 3.90. The van der Waals surface area contributed by atoms with E-state index in [1.807, 2.05) is 12.1 Å². The average Bonchev–Trinajstić information content (AvgIpc) is 2.03. The molecule has 0 unspecified atom stereocenters. The fourth-order valence-electron chi connectivity index (χ4n) is 1.06. The first-order valence-corrected chi connectivity index (χ1v) is 4.08. The van der Waals surface area contributed by atoms with Gasteiger partial charge in [0.25, 0.3) is 0 Å². The minimum Gasteiger partial charge on any atom is -0.384 e. The van der Waals surface area contributed by atoms with Crippen LogP contribution in [0.5, 0.6) is 0 Å². The zero-order chi connectivity index (χ0) is 9.14. The van der Waals surface area contributed by atoms with Crippen LogP contribution in [-0.2, 0) is 0 Å². The maximum absolute atomic E-state index is 5.92. The standard InChI is InChI=1S/C9H15N3/c1-6(2)9(11)7-3-4-12-8(10)5-7/h3-6,9H,11H2,1-2H3,(H2,10,12)/t9-/m0/s1. The van der Waals surface area contributed by atoms with E-state index in [0.29, 0.717) is 11.7 Å². The number of nitrogens with two attached hydrogens (primary N) is 2. The van der Waals surface area contributed by atoms with E-state index in [-0.39, 0.29) is 6.04 Å². The van der Waals surface area contributed by atoms with E-state index in [2.05, 4.69) is 18.8 Å². The molecule has 1 rings (SSSR count). The van der Waals surface area contributed by atoms with E-state index in [1.165, 1.54) is 0 Å². The third-order valence-corrected chi connectivity index (χ3v) is 1.91. The molecule has 0 saturated heterocycles. The largest absolute Gasteiger partial charge is 0.384 e. The fraction of sp³-hybridized carbons (Fsp3) is 0.444. The molecular weight excluding hydrogens is 150 g/mol. The van der Waals surface area contributed by atoms with Crippen LogP contribution in [0.4, 0.5) is 5.82 Å². The van der Waals surface area contributed by atoms with Crippen molar-refractivity contribution >= 4 is 5.82 Å². The maximum atomic E-state index is 5.92. The lowest BCUT2D eigenvalue weighted by Crippen LogP contribution is -2.16. The van der Waals surface area contributed by atoms with Gasteiger partial charge in [-0.1, -0.05) is 13.8 Å². The summed E-state index contributed by atoms with van der Waals surface area (Å²) in [6.45, 7) is 4.17. The molecule has 0 aromatic carbocycles. The topological polar surface area (TPSA) is 64.9 Å². The second-order valence-corrected chi connectivity index (χ2v) is 3.28. The minimum atomic E-state index is 0.0512. The van der Waals surface area contributed by atoms with Crippen LogP contribution < -0.4 is 11.5 Å². The number of nitrogen functional groups attached to an aromatic ring is 1. The van der Waals surface area contributed by atoms with Crippen LogP contribution in [0.15, 0.2) is 18.3 Å².